The van der Waals surface area contributed by atoms with Crippen LogP contribution < -0.4 is 11.1 Å². The van der Waals surface area contributed by atoms with Crippen LogP contribution >= 0.6 is 15.9 Å². The first-order chi connectivity index (χ1) is 9.08. The maximum atomic E-state index is 13.3. The van der Waals surface area contributed by atoms with E-state index < -0.39 is 0 Å². The second kappa shape index (κ2) is 6.23. The Balaban J connectivity index is 2.15. The normalized spacial score (nSPS) is 27.3. The van der Waals surface area contributed by atoms with Gasteiger partial charge in [0.25, 0.3) is 0 Å². The fourth-order valence-electron chi connectivity index (χ4n) is 3.06. The third-order valence-corrected chi connectivity index (χ3v) is 4.85. The molecular formula is C15H22BrFN2. The van der Waals surface area contributed by atoms with Crippen molar-refractivity contribution >= 4 is 21.6 Å². The van der Waals surface area contributed by atoms with Crippen LogP contribution in [-0.4, -0.2) is 12.1 Å². The van der Waals surface area contributed by atoms with E-state index in [2.05, 4.69) is 28.2 Å². The summed E-state index contributed by atoms with van der Waals surface area (Å²) in [6.07, 6.45) is 5.92. The minimum absolute atomic E-state index is 0.0316. The molecule has 0 bridgehead atoms. The Morgan fingerprint density at radius 2 is 2.32 bits per heavy atom. The third kappa shape index (κ3) is 3.48. The Bertz CT molecular complexity index is 438. The van der Waals surface area contributed by atoms with Gasteiger partial charge in [0.15, 0.2) is 0 Å². The molecule has 2 rings (SSSR count). The largest absolute Gasteiger partial charge is 0.378 e. The molecule has 1 aromatic carbocycles. The van der Waals surface area contributed by atoms with Crippen LogP contribution in [0.15, 0.2) is 22.7 Å². The monoisotopic (exact) mass is 328 g/mol. The molecule has 2 unspecified atom stereocenters. The fraction of sp³-hybridized carbons (Fsp3) is 0.600. The van der Waals surface area contributed by atoms with Crippen molar-refractivity contribution in [2.75, 3.05) is 11.9 Å². The number of anilines is 1. The average molecular weight is 329 g/mol. The standard InChI is InChI=1S/C15H22BrFN2/c1-2-11-4-3-7-15(9-11,10-18)19-12-5-6-14(17)13(16)8-12/h5-6,8,11,19H,2-4,7,9-10,18H2,1H3. The molecule has 19 heavy (non-hydrogen) atoms. The van der Waals surface area contributed by atoms with Crippen LogP contribution in [0, 0.1) is 11.7 Å². The predicted molar refractivity (Wildman–Crippen MR) is 81.8 cm³/mol. The van der Waals surface area contributed by atoms with E-state index in [1.807, 2.05) is 0 Å². The number of halogens is 2. The van der Waals surface area contributed by atoms with Crippen molar-refractivity contribution in [3.05, 3.63) is 28.5 Å². The second-order valence-corrected chi connectivity index (χ2v) is 6.46. The summed E-state index contributed by atoms with van der Waals surface area (Å²) in [5.41, 5.74) is 6.93. The van der Waals surface area contributed by atoms with Gasteiger partial charge in [0, 0.05) is 17.8 Å². The molecule has 1 aromatic rings. The molecule has 106 valence electrons. The molecule has 0 amide bonds. The van der Waals surface area contributed by atoms with Gasteiger partial charge >= 0.3 is 0 Å². The van der Waals surface area contributed by atoms with Crippen molar-refractivity contribution < 1.29 is 4.39 Å². The summed E-state index contributed by atoms with van der Waals surface area (Å²) in [6, 6.07) is 5.06. The van der Waals surface area contributed by atoms with Crippen LogP contribution in [0.25, 0.3) is 0 Å². The zero-order valence-corrected chi connectivity index (χ0v) is 13.0. The molecule has 1 saturated carbocycles. The summed E-state index contributed by atoms with van der Waals surface area (Å²) >= 11 is 3.23. The Kier molecular flexibility index (Phi) is 4.85. The van der Waals surface area contributed by atoms with Crippen LogP contribution in [-0.2, 0) is 0 Å². The van der Waals surface area contributed by atoms with Gasteiger partial charge in [-0.15, -0.1) is 0 Å². The van der Waals surface area contributed by atoms with E-state index in [-0.39, 0.29) is 11.4 Å². The summed E-state index contributed by atoms with van der Waals surface area (Å²) < 4.78 is 13.8. The van der Waals surface area contributed by atoms with E-state index in [1.54, 1.807) is 12.1 Å². The quantitative estimate of drug-likeness (QED) is 0.864. The lowest BCUT2D eigenvalue weighted by molar-refractivity contribution is 0.244. The van der Waals surface area contributed by atoms with Gasteiger partial charge in [-0.1, -0.05) is 26.2 Å². The van der Waals surface area contributed by atoms with E-state index in [0.29, 0.717) is 11.0 Å². The zero-order chi connectivity index (χ0) is 13.9. The zero-order valence-electron chi connectivity index (χ0n) is 11.4. The number of hydrogen-bond donors (Lipinski definition) is 2. The van der Waals surface area contributed by atoms with Crippen LogP contribution in [0.1, 0.15) is 39.0 Å². The lowest BCUT2D eigenvalue weighted by Crippen LogP contribution is -2.49. The van der Waals surface area contributed by atoms with E-state index in [9.17, 15) is 4.39 Å². The minimum Gasteiger partial charge on any atom is -0.378 e. The molecule has 2 atom stereocenters. The maximum Gasteiger partial charge on any atom is 0.137 e. The molecule has 0 aliphatic heterocycles. The number of nitrogens with one attached hydrogen (secondary N) is 1. The lowest BCUT2D eigenvalue weighted by atomic mass is 9.74. The van der Waals surface area contributed by atoms with Crippen molar-refractivity contribution in [2.24, 2.45) is 11.7 Å². The second-order valence-electron chi connectivity index (χ2n) is 5.61. The highest BCUT2D eigenvalue weighted by molar-refractivity contribution is 9.10. The summed E-state index contributed by atoms with van der Waals surface area (Å²) in [4.78, 5) is 0. The SMILES string of the molecule is CCC1CCCC(CN)(Nc2ccc(F)c(Br)c2)C1. The molecule has 0 heterocycles. The number of hydrogen-bond acceptors (Lipinski definition) is 2. The Labute approximate surface area is 123 Å². The summed E-state index contributed by atoms with van der Waals surface area (Å²) in [7, 11) is 0. The van der Waals surface area contributed by atoms with Gasteiger partial charge < -0.3 is 11.1 Å². The van der Waals surface area contributed by atoms with E-state index in [4.69, 9.17) is 5.73 Å². The number of rotatable bonds is 4. The molecule has 0 saturated heterocycles. The Morgan fingerprint density at radius 1 is 1.53 bits per heavy atom. The first kappa shape index (κ1) is 14.8. The highest BCUT2D eigenvalue weighted by Crippen LogP contribution is 2.36. The van der Waals surface area contributed by atoms with Gasteiger partial charge in [0.1, 0.15) is 5.82 Å². The minimum atomic E-state index is -0.234. The third-order valence-electron chi connectivity index (χ3n) is 4.24. The molecule has 4 heteroatoms. The highest BCUT2D eigenvalue weighted by atomic mass is 79.9. The molecule has 1 aliphatic rings. The topological polar surface area (TPSA) is 38.0 Å². The van der Waals surface area contributed by atoms with Gasteiger partial charge in [-0.05, 0) is 52.9 Å². The van der Waals surface area contributed by atoms with E-state index in [1.165, 1.54) is 25.3 Å². The van der Waals surface area contributed by atoms with Crippen LogP contribution in [0.2, 0.25) is 0 Å². The van der Waals surface area contributed by atoms with Gasteiger partial charge in [-0.3, -0.25) is 0 Å². The van der Waals surface area contributed by atoms with Crippen LogP contribution in [0.3, 0.4) is 0 Å². The molecular weight excluding hydrogens is 307 g/mol. The van der Waals surface area contributed by atoms with Crippen molar-refractivity contribution in [2.45, 2.75) is 44.6 Å². The maximum absolute atomic E-state index is 13.3. The Morgan fingerprint density at radius 3 is 2.95 bits per heavy atom. The lowest BCUT2D eigenvalue weighted by Gasteiger charge is -2.41. The molecule has 2 nitrogen and oxygen atoms in total. The first-order valence-electron chi connectivity index (χ1n) is 7.02. The molecule has 0 aromatic heterocycles. The molecule has 0 radical (unpaired) electrons. The number of nitrogens with two attached hydrogens (primary N) is 1. The van der Waals surface area contributed by atoms with Crippen LogP contribution in [0.4, 0.5) is 10.1 Å². The van der Waals surface area contributed by atoms with Crippen molar-refractivity contribution in [3.63, 3.8) is 0 Å². The number of benzene rings is 1. The first-order valence-corrected chi connectivity index (χ1v) is 7.81. The summed E-state index contributed by atoms with van der Waals surface area (Å²) in [5, 5.41) is 3.55. The molecule has 3 N–H and O–H groups in total. The smallest absolute Gasteiger partial charge is 0.137 e. The van der Waals surface area contributed by atoms with Crippen LogP contribution in [0.5, 0.6) is 0 Å². The van der Waals surface area contributed by atoms with Crippen molar-refractivity contribution in [1.29, 1.82) is 0 Å². The van der Waals surface area contributed by atoms with Crippen molar-refractivity contribution in [3.8, 4) is 0 Å². The van der Waals surface area contributed by atoms with E-state index in [0.717, 1.165) is 24.4 Å². The van der Waals surface area contributed by atoms with Gasteiger partial charge in [0.2, 0.25) is 0 Å². The van der Waals surface area contributed by atoms with Crippen molar-refractivity contribution in [1.82, 2.24) is 0 Å². The Hall–Kier alpha value is -0.610. The molecule has 0 spiro atoms. The predicted octanol–water partition coefficient (Wildman–Crippen LogP) is 4.30. The fourth-order valence-corrected chi connectivity index (χ4v) is 3.44. The van der Waals surface area contributed by atoms with Gasteiger partial charge in [-0.2, -0.15) is 0 Å². The van der Waals surface area contributed by atoms with Gasteiger partial charge in [-0.25, -0.2) is 4.39 Å². The summed E-state index contributed by atoms with van der Waals surface area (Å²) in [6.45, 7) is 2.87. The molecule has 1 fully saturated rings. The summed E-state index contributed by atoms with van der Waals surface area (Å²) in [5.74, 6) is 0.510. The van der Waals surface area contributed by atoms with Gasteiger partial charge in [0.05, 0.1) is 4.47 Å². The highest BCUT2D eigenvalue weighted by Gasteiger charge is 2.34. The van der Waals surface area contributed by atoms with E-state index >= 15 is 0 Å². The molecule has 1 aliphatic carbocycles. The average Bonchev–Trinajstić information content (AvgIpc) is 2.43.